The molecule has 7 heteroatoms. The molecule has 0 aliphatic heterocycles. The zero-order valence-electron chi connectivity index (χ0n) is 15.7. The van der Waals surface area contributed by atoms with Crippen LogP contribution in [0.3, 0.4) is 0 Å². The van der Waals surface area contributed by atoms with Crippen molar-refractivity contribution < 1.29 is 4.79 Å². The van der Waals surface area contributed by atoms with Crippen LogP contribution in [0, 0.1) is 6.92 Å². The van der Waals surface area contributed by atoms with Gasteiger partial charge in [-0.2, -0.15) is 10.2 Å². The van der Waals surface area contributed by atoms with Crippen molar-refractivity contribution in [3.8, 4) is 5.69 Å². The Morgan fingerprint density at radius 1 is 1.30 bits per heavy atom. The Morgan fingerprint density at radius 2 is 2.07 bits per heavy atom. The quantitative estimate of drug-likeness (QED) is 0.674. The molecule has 0 spiro atoms. The molecule has 2 aromatic heterocycles. The maximum Gasteiger partial charge on any atom is 0.257 e. The van der Waals surface area contributed by atoms with E-state index in [4.69, 9.17) is 11.6 Å². The molecular formula is C20H22ClN5O. The van der Waals surface area contributed by atoms with Crippen molar-refractivity contribution in [2.24, 2.45) is 7.05 Å². The first kappa shape index (κ1) is 17.8. The van der Waals surface area contributed by atoms with Gasteiger partial charge in [0.15, 0.2) is 0 Å². The first-order valence-corrected chi connectivity index (χ1v) is 9.39. The number of amides is 1. The molecule has 0 unspecified atom stereocenters. The number of rotatable bonds is 5. The lowest BCUT2D eigenvalue weighted by atomic mass is 10.1. The zero-order chi connectivity index (χ0) is 19.1. The summed E-state index contributed by atoms with van der Waals surface area (Å²) < 4.78 is 3.61. The van der Waals surface area contributed by atoms with Gasteiger partial charge in [0.1, 0.15) is 0 Å². The molecule has 1 aliphatic rings. The minimum atomic E-state index is -0.0230. The van der Waals surface area contributed by atoms with E-state index in [0.717, 1.165) is 35.3 Å². The smallest absolute Gasteiger partial charge is 0.257 e. The number of aromatic nitrogens is 4. The average molecular weight is 384 g/mol. The normalized spacial score (nSPS) is 13.8. The van der Waals surface area contributed by atoms with Crippen molar-refractivity contribution in [2.45, 2.75) is 32.2 Å². The van der Waals surface area contributed by atoms with Crippen LogP contribution < -0.4 is 0 Å². The molecule has 1 fully saturated rings. The van der Waals surface area contributed by atoms with Crippen LogP contribution in [0.15, 0.2) is 36.8 Å². The highest BCUT2D eigenvalue weighted by Crippen LogP contribution is 2.43. The first-order valence-electron chi connectivity index (χ1n) is 9.01. The van der Waals surface area contributed by atoms with Gasteiger partial charge in [0.05, 0.1) is 29.3 Å². The van der Waals surface area contributed by atoms with Gasteiger partial charge in [-0.05, 0) is 37.5 Å². The Bertz CT molecular complexity index is 1000. The fourth-order valence-electron chi connectivity index (χ4n) is 3.30. The fraction of sp³-hybridized carbons (Fsp3) is 0.350. The van der Waals surface area contributed by atoms with Crippen LogP contribution in [0.4, 0.5) is 0 Å². The molecule has 0 N–H and O–H groups in total. The van der Waals surface area contributed by atoms with Crippen LogP contribution >= 0.6 is 11.6 Å². The Morgan fingerprint density at radius 3 is 2.70 bits per heavy atom. The summed E-state index contributed by atoms with van der Waals surface area (Å²) in [6.07, 6.45) is 7.55. The molecule has 4 rings (SSSR count). The molecule has 0 bridgehead atoms. The highest BCUT2D eigenvalue weighted by molar-refractivity contribution is 6.31. The SMILES string of the molecule is Cc1ccc(-n2ncc(C(=O)N(C)Cc3cnn(C)c3)c2C2CC2)cc1Cl. The largest absolute Gasteiger partial charge is 0.337 e. The second-order valence-corrected chi connectivity index (χ2v) is 7.65. The van der Waals surface area contributed by atoms with Crippen molar-refractivity contribution in [2.75, 3.05) is 7.05 Å². The average Bonchev–Trinajstić information content (AvgIpc) is 3.25. The summed E-state index contributed by atoms with van der Waals surface area (Å²) in [5, 5.41) is 9.39. The number of carbonyl (C=O) groups is 1. The van der Waals surface area contributed by atoms with Crippen molar-refractivity contribution in [3.63, 3.8) is 0 Å². The molecule has 1 aliphatic carbocycles. The van der Waals surface area contributed by atoms with Gasteiger partial charge in [-0.15, -0.1) is 0 Å². The molecule has 140 valence electrons. The van der Waals surface area contributed by atoms with Gasteiger partial charge < -0.3 is 4.90 Å². The van der Waals surface area contributed by atoms with Gasteiger partial charge >= 0.3 is 0 Å². The van der Waals surface area contributed by atoms with Crippen LogP contribution in [0.25, 0.3) is 5.69 Å². The molecule has 2 heterocycles. The topological polar surface area (TPSA) is 56.0 Å². The van der Waals surface area contributed by atoms with E-state index < -0.39 is 0 Å². The first-order chi connectivity index (χ1) is 12.9. The summed E-state index contributed by atoms with van der Waals surface area (Å²) in [5.41, 5.74) is 4.56. The molecule has 1 amide bonds. The minimum absolute atomic E-state index is 0.0230. The lowest BCUT2D eigenvalue weighted by Crippen LogP contribution is -2.26. The molecule has 1 aromatic carbocycles. The summed E-state index contributed by atoms with van der Waals surface area (Å²) in [6, 6.07) is 5.88. The molecular weight excluding hydrogens is 362 g/mol. The number of nitrogens with zero attached hydrogens (tertiary/aromatic N) is 5. The van der Waals surface area contributed by atoms with Crippen LogP contribution in [-0.4, -0.2) is 37.4 Å². The van der Waals surface area contributed by atoms with Gasteiger partial charge in [0.2, 0.25) is 0 Å². The molecule has 6 nitrogen and oxygen atoms in total. The summed E-state index contributed by atoms with van der Waals surface area (Å²) in [4.78, 5) is 14.8. The van der Waals surface area contributed by atoms with E-state index in [2.05, 4.69) is 10.2 Å². The van der Waals surface area contributed by atoms with Gasteiger partial charge in [0.25, 0.3) is 5.91 Å². The van der Waals surface area contributed by atoms with Gasteiger partial charge in [-0.3, -0.25) is 9.48 Å². The lowest BCUT2D eigenvalue weighted by Gasteiger charge is -2.17. The second-order valence-electron chi connectivity index (χ2n) is 7.25. The molecule has 0 atom stereocenters. The molecule has 3 aromatic rings. The fourth-order valence-corrected chi connectivity index (χ4v) is 3.47. The Labute approximate surface area is 163 Å². The van der Waals surface area contributed by atoms with Crippen LogP contribution in [0.5, 0.6) is 0 Å². The maximum absolute atomic E-state index is 13.1. The third kappa shape index (κ3) is 3.49. The Hall–Kier alpha value is -2.60. The summed E-state index contributed by atoms with van der Waals surface area (Å²) >= 11 is 6.30. The van der Waals surface area contributed by atoms with Gasteiger partial charge in [-0.25, -0.2) is 4.68 Å². The van der Waals surface area contributed by atoms with Crippen molar-refractivity contribution in [3.05, 3.63) is 64.2 Å². The third-order valence-electron chi connectivity index (χ3n) is 4.93. The summed E-state index contributed by atoms with van der Waals surface area (Å²) in [7, 11) is 3.68. The number of benzene rings is 1. The van der Waals surface area contributed by atoms with Gasteiger partial charge in [-0.1, -0.05) is 17.7 Å². The Kier molecular flexibility index (Phi) is 4.52. The lowest BCUT2D eigenvalue weighted by molar-refractivity contribution is 0.0784. The molecule has 1 saturated carbocycles. The van der Waals surface area contributed by atoms with E-state index >= 15 is 0 Å². The molecule has 0 radical (unpaired) electrons. The number of halogens is 1. The zero-order valence-corrected chi connectivity index (χ0v) is 16.4. The molecule has 0 saturated heterocycles. The van der Waals surface area contributed by atoms with Gasteiger partial charge in [0, 0.05) is 43.3 Å². The van der Waals surface area contributed by atoms with E-state index in [0.29, 0.717) is 23.0 Å². The van der Waals surface area contributed by atoms with Crippen molar-refractivity contribution >= 4 is 17.5 Å². The van der Waals surface area contributed by atoms with Crippen molar-refractivity contribution in [1.29, 1.82) is 0 Å². The number of hydrogen-bond donors (Lipinski definition) is 0. The number of aryl methyl sites for hydroxylation is 2. The van der Waals surface area contributed by atoms with E-state index in [1.807, 2.05) is 50.1 Å². The van der Waals surface area contributed by atoms with E-state index in [-0.39, 0.29) is 5.91 Å². The maximum atomic E-state index is 13.1. The van der Waals surface area contributed by atoms with E-state index in [9.17, 15) is 4.79 Å². The second kappa shape index (κ2) is 6.85. The molecule has 27 heavy (non-hydrogen) atoms. The summed E-state index contributed by atoms with van der Waals surface area (Å²) in [5.74, 6) is 0.350. The number of carbonyl (C=O) groups excluding carboxylic acids is 1. The van der Waals surface area contributed by atoms with E-state index in [1.165, 1.54) is 0 Å². The standard InChI is InChI=1S/C20H22ClN5O/c1-13-4-7-16(8-18(13)21)26-19(15-5-6-15)17(10-23-26)20(27)24(2)11-14-9-22-25(3)12-14/h4,7-10,12,15H,5-6,11H2,1-3H3. The van der Waals surface area contributed by atoms with E-state index in [1.54, 1.807) is 22.0 Å². The predicted molar refractivity (Wildman–Crippen MR) is 104 cm³/mol. The number of hydrogen-bond acceptors (Lipinski definition) is 3. The third-order valence-corrected chi connectivity index (χ3v) is 5.33. The minimum Gasteiger partial charge on any atom is -0.337 e. The highest BCUT2D eigenvalue weighted by Gasteiger charge is 2.33. The highest BCUT2D eigenvalue weighted by atomic mass is 35.5. The Balaban J connectivity index is 1.65. The van der Waals surface area contributed by atoms with Crippen LogP contribution in [-0.2, 0) is 13.6 Å². The predicted octanol–water partition coefficient (Wildman–Crippen LogP) is 3.72. The van der Waals surface area contributed by atoms with Crippen molar-refractivity contribution in [1.82, 2.24) is 24.5 Å². The van der Waals surface area contributed by atoms with Crippen LogP contribution in [0.1, 0.15) is 45.9 Å². The van der Waals surface area contributed by atoms with Crippen LogP contribution in [0.2, 0.25) is 5.02 Å². The summed E-state index contributed by atoms with van der Waals surface area (Å²) in [6.45, 7) is 2.48. The monoisotopic (exact) mass is 383 g/mol.